The molecule has 0 aliphatic carbocycles. The molecule has 0 saturated heterocycles. The predicted molar refractivity (Wildman–Crippen MR) is 73.8 cm³/mol. The summed E-state index contributed by atoms with van der Waals surface area (Å²) in [6.07, 6.45) is 1.40. The van der Waals surface area contributed by atoms with Crippen LogP contribution >= 0.6 is 15.9 Å². The highest BCUT2D eigenvalue weighted by Gasteiger charge is 2.10. The Kier molecular flexibility index (Phi) is 4.35. The van der Waals surface area contributed by atoms with Gasteiger partial charge in [0.15, 0.2) is 5.76 Å². The maximum atomic E-state index is 11.6. The lowest BCUT2D eigenvalue weighted by Gasteiger charge is -2.06. The van der Waals surface area contributed by atoms with Crippen LogP contribution < -0.4 is 10.6 Å². The summed E-state index contributed by atoms with van der Waals surface area (Å²) in [4.78, 5) is 23.2. The molecule has 0 bridgehead atoms. The number of nitrogens with one attached hydrogen (secondary N) is 2. The second-order valence-electron chi connectivity index (χ2n) is 3.72. The van der Waals surface area contributed by atoms with E-state index in [2.05, 4.69) is 26.6 Å². The van der Waals surface area contributed by atoms with Gasteiger partial charge in [0.2, 0.25) is 5.91 Å². The standard InChI is InChI=1S/C13H11BrN2O3/c14-9-3-1-4-10(7-9)16-12(17)8-15-13(18)11-5-2-6-19-11/h1-7H,8H2,(H,15,18)(H,16,17). The van der Waals surface area contributed by atoms with Crippen molar-refractivity contribution in [2.45, 2.75) is 0 Å². The van der Waals surface area contributed by atoms with Gasteiger partial charge in [-0.25, -0.2) is 0 Å². The van der Waals surface area contributed by atoms with Crippen molar-refractivity contribution in [3.63, 3.8) is 0 Å². The second kappa shape index (κ2) is 6.19. The minimum Gasteiger partial charge on any atom is -0.459 e. The molecule has 2 N–H and O–H groups in total. The maximum Gasteiger partial charge on any atom is 0.287 e. The molecule has 1 aromatic heterocycles. The highest BCUT2D eigenvalue weighted by Crippen LogP contribution is 2.15. The highest BCUT2D eigenvalue weighted by atomic mass is 79.9. The van der Waals surface area contributed by atoms with Gasteiger partial charge in [0, 0.05) is 10.2 Å². The van der Waals surface area contributed by atoms with Gasteiger partial charge in [-0.1, -0.05) is 22.0 Å². The molecule has 0 unspecified atom stereocenters. The fourth-order valence-electron chi connectivity index (χ4n) is 1.43. The average molecular weight is 323 g/mol. The normalized spacial score (nSPS) is 9.95. The van der Waals surface area contributed by atoms with Crippen molar-refractivity contribution in [2.24, 2.45) is 0 Å². The van der Waals surface area contributed by atoms with Gasteiger partial charge in [0.05, 0.1) is 12.8 Å². The predicted octanol–water partition coefficient (Wildman–Crippen LogP) is 2.41. The van der Waals surface area contributed by atoms with E-state index in [1.165, 1.54) is 12.3 Å². The molecule has 5 nitrogen and oxygen atoms in total. The number of halogens is 1. The Hall–Kier alpha value is -2.08. The van der Waals surface area contributed by atoms with Crippen LogP contribution in [0.2, 0.25) is 0 Å². The number of furan rings is 1. The van der Waals surface area contributed by atoms with Gasteiger partial charge < -0.3 is 15.1 Å². The molecule has 2 amide bonds. The molecule has 0 radical (unpaired) electrons. The molecule has 1 aromatic carbocycles. The van der Waals surface area contributed by atoms with Crippen molar-refractivity contribution in [1.82, 2.24) is 5.32 Å². The molecule has 0 fully saturated rings. The summed E-state index contributed by atoms with van der Waals surface area (Å²) in [6, 6.07) is 10.3. The van der Waals surface area contributed by atoms with E-state index >= 15 is 0 Å². The largest absolute Gasteiger partial charge is 0.459 e. The van der Waals surface area contributed by atoms with Gasteiger partial charge in [-0.2, -0.15) is 0 Å². The van der Waals surface area contributed by atoms with Gasteiger partial charge in [-0.15, -0.1) is 0 Å². The molecule has 98 valence electrons. The summed E-state index contributed by atoms with van der Waals surface area (Å²) in [7, 11) is 0. The van der Waals surface area contributed by atoms with E-state index in [4.69, 9.17) is 4.42 Å². The molecule has 6 heteroatoms. The molecule has 0 atom stereocenters. The number of anilines is 1. The third-order valence-corrected chi connectivity index (χ3v) is 2.76. The number of rotatable bonds is 4. The molecule has 19 heavy (non-hydrogen) atoms. The maximum absolute atomic E-state index is 11.6. The first-order valence-electron chi connectivity index (χ1n) is 5.52. The van der Waals surface area contributed by atoms with Crippen LogP contribution in [0.1, 0.15) is 10.6 Å². The van der Waals surface area contributed by atoms with E-state index in [1.807, 2.05) is 6.07 Å². The Bertz CT molecular complexity index is 581. The lowest BCUT2D eigenvalue weighted by molar-refractivity contribution is -0.115. The average Bonchev–Trinajstić information content (AvgIpc) is 2.90. The molecule has 0 spiro atoms. The first-order chi connectivity index (χ1) is 9.15. The molecular weight excluding hydrogens is 312 g/mol. The first-order valence-corrected chi connectivity index (χ1v) is 6.31. The lowest BCUT2D eigenvalue weighted by atomic mass is 10.3. The fourth-order valence-corrected chi connectivity index (χ4v) is 1.83. The fraction of sp³-hybridized carbons (Fsp3) is 0.0769. The quantitative estimate of drug-likeness (QED) is 0.908. The summed E-state index contributed by atoms with van der Waals surface area (Å²) >= 11 is 3.31. The molecule has 1 heterocycles. The third kappa shape index (κ3) is 3.96. The number of hydrogen-bond acceptors (Lipinski definition) is 3. The van der Waals surface area contributed by atoms with Crippen molar-refractivity contribution in [3.8, 4) is 0 Å². The number of amides is 2. The zero-order valence-corrected chi connectivity index (χ0v) is 11.4. The molecule has 0 aliphatic heterocycles. The molecular formula is C13H11BrN2O3. The Morgan fingerprint density at radius 1 is 1.21 bits per heavy atom. The van der Waals surface area contributed by atoms with Crippen LogP contribution in [-0.4, -0.2) is 18.4 Å². The van der Waals surface area contributed by atoms with E-state index in [0.717, 1.165) is 4.47 Å². The van der Waals surface area contributed by atoms with Gasteiger partial charge in [0.25, 0.3) is 5.91 Å². The van der Waals surface area contributed by atoms with Crippen LogP contribution in [0, 0.1) is 0 Å². The molecule has 0 saturated carbocycles. The summed E-state index contributed by atoms with van der Waals surface area (Å²) in [5, 5.41) is 5.13. The highest BCUT2D eigenvalue weighted by molar-refractivity contribution is 9.10. The van der Waals surface area contributed by atoms with Crippen LogP contribution in [0.15, 0.2) is 51.6 Å². The number of benzene rings is 1. The van der Waals surface area contributed by atoms with Crippen LogP contribution in [0.5, 0.6) is 0 Å². The smallest absolute Gasteiger partial charge is 0.287 e. The third-order valence-electron chi connectivity index (χ3n) is 2.26. The summed E-state index contributed by atoms with van der Waals surface area (Å²) in [5.74, 6) is -0.553. The number of carbonyl (C=O) groups is 2. The van der Waals surface area contributed by atoms with Crippen LogP contribution in [0.3, 0.4) is 0 Å². The Morgan fingerprint density at radius 2 is 2.05 bits per heavy atom. The number of hydrogen-bond donors (Lipinski definition) is 2. The first kappa shape index (κ1) is 13.4. The van der Waals surface area contributed by atoms with Crippen molar-refractivity contribution in [3.05, 3.63) is 52.9 Å². The summed E-state index contributed by atoms with van der Waals surface area (Å²) in [6.45, 7) is -0.119. The van der Waals surface area contributed by atoms with Crippen LogP contribution in [0.4, 0.5) is 5.69 Å². The summed E-state index contributed by atoms with van der Waals surface area (Å²) in [5.41, 5.74) is 0.659. The summed E-state index contributed by atoms with van der Waals surface area (Å²) < 4.78 is 5.78. The van der Waals surface area contributed by atoms with Crippen LogP contribution in [0.25, 0.3) is 0 Å². The van der Waals surface area contributed by atoms with Gasteiger partial charge in [-0.05, 0) is 30.3 Å². The van der Waals surface area contributed by atoms with E-state index < -0.39 is 5.91 Å². The molecule has 0 aliphatic rings. The van der Waals surface area contributed by atoms with Crippen LogP contribution in [-0.2, 0) is 4.79 Å². The minimum absolute atomic E-state index is 0.119. The van der Waals surface area contributed by atoms with Crippen molar-refractivity contribution in [2.75, 3.05) is 11.9 Å². The Morgan fingerprint density at radius 3 is 2.74 bits per heavy atom. The number of carbonyl (C=O) groups excluding carboxylic acids is 2. The van der Waals surface area contributed by atoms with E-state index in [-0.39, 0.29) is 18.2 Å². The minimum atomic E-state index is -0.422. The van der Waals surface area contributed by atoms with Gasteiger partial charge in [0.1, 0.15) is 0 Å². The lowest BCUT2D eigenvalue weighted by Crippen LogP contribution is -2.32. The topological polar surface area (TPSA) is 71.3 Å². The second-order valence-corrected chi connectivity index (χ2v) is 4.63. The molecule has 2 rings (SSSR count). The zero-order valence-electron chi connectivity index (χ0n) is 9.85. The zero-order chi connectivity index (χ0) is 13.7. The van der Waals surface area contributed by atoms with E-state index in [1.54, 1.807) is 24.3 Å². The monoisotopic (exact) mass is 322 g/mol. The Balaban J connectivity index is 1.83. The van der Waals surface area contributed by atoms with E-state index in [0.29, 0.717) is 5.69 Å². The SMILES string of the molecule is O=C(CNC(=O)c1ccco1)Nc1cccc(Br)c1. The van der Waals surface area contributed by atoms with E-state index in [9.17, 15) is 9.59 Å². The van der Waals surface area contributed by atoms with Gasteiger partial charge in [-0.3, -0.25) is 9.59 Å². The van der Waals surface area contributed by atoms with Gasteiger partial charge >= 0.3 is 0 Å². The van der Waals surface area contributed by atoms with Crippen molar-refractivity contribution < 1.29 is 14.0 Å². The van der Waals surface area contributed by atoms with Crippen molar-refractivity contribution >= 4 is 33.4 Å². The van der Waals surface area contributed by atoms with Crippen molar-refractivity contribution in [1.29, 1.82) is 0 Å². The Labute approximate surface area is 118 Å². The molecule has 2 aromatic rings.